The molecule has 6 heteroatoms. The molecule has 0 bridgehead atoms. The second-order valence-electron chi connectivity index (χ2n) is 2.53. The molecule has 0 atom stereocenters. The third kappa shape index (κ3) is 8.25. The van der Waals surface area contributed by atoms with Crippen molar-refractivity contribution in [2.45, 2.75) is 12.8 Å². The lowest BCUT2D eigenvalue weighted by Crippen LogP contribution is -2.08. The molecule has 0 aliphatic carbocycles. The predicted octanol–water partition coefficient (Wildman–Crippen LogP) is 1.12. The minimum absolute atomic E-state index is 0.660. The van der Waals surface area contributed by atoms with Crippen LogP contribution in [0.2, 0.25) is 0 Å². The van der Waals surface area contributed by atoms with Gasteiger partial charge in [-0.25, -0.2) is 0 Å². The van der Waals surface area contributed by atoms with Crippen LogP contribution in [0.5, 0.6) is 0 Å². The normalized spacial score (nSPS) is 13.3. The Labute approximate surface area is 94.0 Å². The zero-order valence-corrected chi connectivity index (χ0v) is 10.3. The van der Waals surface area contributed by atoms with Gasteiger partial charge in [-0.3, -0.25) is 9.98 Å². The molecule has 0 radical (unpaired) electrons. The first kappa shape index (κ1) is 13.6. The van der Waals surface area contributed by atoms with Gasteiger partial charge in [0.1, 0.15) is 0 Å². The van der Waals surface area contributed by atoms with Crippen molar-refractivity contribution >= 4 is 33.9 Å². The summed E-state index contributed by atoms with van der Waals surface area (Å²) in [4.78, 5) is 7.72. The molecule has 0 saturated heterocycles. The first-order chi connectivity index (χ1) is 6.70. The summed E-state index contributed by atoms with van der Waals surface area (Å²) in [6.07, 6.45) is 2.26. The second-order valence-corrected chi connectivity index (χ2v) is 4.76. The fourth-order valence-corrected chi connectivity index (χ4v) is 2.06. The van der Waals surface area contributed by atoms with Crippen molar-refractivity contribution in [3.63, 3.8) is 0 Å². The number of unbranched alkanes of at least 4 members (excludes halogenated alkanes) is 1. The molecule has 0 rings (SSSR count). The standard InChI is InChI=1S/C8H18N4S2/c1-11-7(9)13-5-3-4-6-14-8(10)12-2/h3-6H2,1-2H3,(H2,9,11)(H2,10,12). The molecular formula is C8H18N4S2. The number of nitrogens with zero attached hydrogens (tertiary/aromatic N) is 2. The number of amidine groups is 2. The summed E-state index contributed by atoms with van der Waals surface area (Å²) in [7, 11) is 3.41. The van der Waals surface area contributed by atoms with Gasteiger partial charge in [-0.1, -0.05) is 23.5 Å². The highest BCUT2D eigenvalue weighted by Crippen LogP contribution is 2.08. The Kier molecular flexibility index (Phi) is 8.97. The molecule has 0 aromatic carbocycles. The molecule has 0 unspecified atom stereocenters. The molecule has 4 nitrogen and oxygen atoms in total. The Morgan fingerprint density at radius 3 is 1.57 bits per heavy atom. The van der Waals surface area contributed by atoms with Crippen LogP contribution in [-0.2, 0) is 0 Å². The van der Waals surface area contributed by atoms with E-state index in [-0.39, 0.29) is 0 Å². The quantitative estimate of drug-likeness (QED) is 0.424. The van der Waals surface area contributed by atoms with Gasteiger partial charge in [-0.15, -0.1) is 0 Å². The van der Waals surface area contributed by atoms with E-state index in [0.717, 1.165) is 24.3 Å². The van der Waals surface area contributed by atoms with Gasteiger partial charge in [0.05, 0.1) is 0 Å². The smallest absolute Gasteiger partial charge is 0.153 e. The van der Waals surface area contributed by atoms with Crippen molar-refractivity contribution in [1.82, 2.24) is 0 Å². The number of hydrogen-bond acceptors (Lipinski definition) is 4. The molecule has 0 aliphatic heterocycles. The van der Waals surface area contributed by atoms with Gasteiger partial charge in [0.25, 0.3) is 0 Å². The molecule has 0 fully saturated rings. The van der Waals surface area contributed by atoms with E-state index in [0.29, 0.717) is 10.3 Å². The zero-order chi connectivity index (χ0) is 10.8. The first-order valence-electron chi connectivity index (χ1n) is 4.40. The van der Waals surface area contributed by atoms with Gasteiger partial charge in [-0.2, -0.15) is 0 Å². The number of aliphatic imine (C=N–C) groups is 2. The Bertz CT molecular complexity index is 182. The van der Waals surface area contributed by atoms with E-state index in [4.69, 9.17) is 11.5 Å². The van der Waals surface area contributed by atoms with Crippen LogP contribution < -0.4 is 11.5 Å². The minimum atomic E-state index is 0.660. The van der Waals surface area contributed by atoms with Gasteiger partial charge >= 0.3 is 0 Å². The van der Waals surface area contributed by atoms with Crippen LogP contribution in [0.4, 0.5) is 0 Å². The Hall–Kier alpha value is -0.360. The highest BCUT2D eigenvalue weighted by Gasteiger charge is 1.95. The van der Waals surface area contributed by atoms with Crippen LogP contribution in [-0.4, -0.2) is 35.9 Å². The van der Waals surface area contributed by atoms with E-state index < -0.39 is 0 Å². The zero-order valence-electron chi connectivity index (χ0n) is 8.69. The maximum atomic E-state index is 5.53. The molecule has 0 saturated carbocycles. The lowest BCUT2D eigenvalue weighted by Gasteiger charge is -2.00. The molecule has 0 heterocycles. The lowest BCUT2D eigenvalue weighted by atomic mass is 10.4. The molecule has 0 aromatic heterocycles. The lowest BCUT2D eigenvalue weighted by molar-refractivity contribution is 0.910. The van der Waals surface area contributed by atoms with Gasteiger partial charge in [-0.05, 0) is 12.8 Å². The molecule has 0 aliphatic rings. The Morgan fingerprint density at radius 2 is 1.29 bits per heavy atom. The third-order valence-electron chi connectivity index (χ3n) is 1.48. The number of nitrogens with two attached hydrogens (primary N) is 2. The van der Waals surface area contributed by atoms with Crippen LogP contribution >= 0.6 is 23.5 Å². The van der Waals surface area contributed by atoms with Crippen molar-refractivity contribution in [2.75, 3.05) is 25.6 Å². The van der Waals surface area contributed by atoms with E-state index in [9.17, 15) is 0 Å². The largest absolute Gasteiger partial charge is 0.379 e. The van der Waals surface area contributed by atoms with Crippen molar-refractivity contribution in [3.8, 4) is 0 Å². The fourth-order valence-electron chi connectivity index (χ4n) is 0.687. The monoisotopic (exact) mass is 234 g/mol. The van der Waals surface area contributed by atoms with E-state index >= 15 is 0 Å². The van der Waals surface area contributed by atoms with Gasteiger partial charge < -0.3 is 11.5 Å². The highest BCUT2D eigenvalue weighted by molar-refractivity contribution is 8.14. The maximum Gasteiger partial charge on any atom is 0.153 e. The van der Waals surface area contributed by atoms with Crippen molar-refractivity contribution in [1.29, 1.82) is 0 Å². The average molecular weight is 234 g/mol. The summed E-state index contributed by atoms with van der Waals surface area (Å²) in [5.74, 6) is 2.04. The summed E-state index contributed by atoms with van der Waals surface area (Å²) in [6, 6.07) is 0. The molecule has 14 heavy (non-hydrogen) atoms. The van der Waals surface area contributed by atoms with Gasteiger partial charge in [0.2, 0.25) is 0 Å². The van der Waals surface area contributed by atoms with Crippen molar-refractivity contribution in [2.24, 2.45) is 21.5 Å². The van der Waals surface area contributed by atoms with Crippen LogP contribution in [0.3, 0.4) is 0 Å². The molecule has 0 spiro atoms. The van der Waals surface area contributed by atoms with E-state index in [2.05, 4.69) is 9.98 Å². The topological polar surface area (TPSA) is 76.8 Å². The van der Waals surface area contributed by atoms with E-state index in [1.54, 1.807) is 37.6 Å². The molecule has 4 N–H and O–H groups in total. The maximum absolute atomic E-state index is 5.53. The molecular weight excluding hydrogens is 216 g/mol. The highest BCUT2D eigenvalue weighted by atomic mass is 32.2. The molecule has 82 valence electrons. The van der Waals surface area contributed by atoms with Crippen LogP contribution in [0.1, 0.15) is 12.8 Å². The fraction of sp³-hybridized carbons (Fsp3) is 0.750. The molecule has 0 amide bonds. The summed E-state index contributed by atoms with van der Waals surface area (Å²) in [6.45, 7) is 0. The first-order valence-corrected chi connectivity index (χ1v) is 6.38. The van der Waals surface area contributed by atoms with E-state index in [1.165, 1.54) is 0 Å². The predicted molar refractivity (Wildman–Crippen MR) is 69.2 cm³/mol. The number of hydrogen-bond donors (Lipinski definition) is 2. The van der Waals surface area contributed by atoms with Crippen molar-refractivity contribution < 1.29 is 0 Å². The Morgan fingerprint density at radius 1 is 0.929 bits per heavy atom. The summed E-state index contributed by atoms with van der Waals surface area (Å²) < 4.78 is 0. The third-order valence-corrected chi connectivity index (χ3v) is 3.42. The summed E-state index contributed by atoms with van der Waals surface area (Å²) in [5, 5.41) is 1.32. The molecule has 0 aromatic rings. The van der Waals surface area contributed by atoms with Gasteiger partial charge in [0.15, 0.2) is 10.3 Å². The number of thioether (sulfide) groups is 2. The Balaban J connectivity index is 3.22. The summed E-state index contributed by atoms with van der Waals surface area (Å²) in [5.41, 5.74) is 11.1. The van der Waals surface area contributed by atoms with Crippen molar-refractivity contribution in [3.05, 3.63) is 0 Å². The number of rotatable bonds is 5. The van der Waals surface area contributed by atoms with E-state index in [1.807, 2.05) is 0 Å². The van der Waals surface area contributed by atoms with Crippen LogP contribution in [0.15, 0.2) is 9.98 Å². The summed E-state index contributed by atoms with van der Waals surface area (Å²) >= 11 is 3.20. The van der Waals surface area contributed by atoms with Gasteiger partial charge in [0, 0.05) is 25.6 Å². The second kappa shape index (κ2) is 9.21. The average Bonchev–Trinajstić information content (AvgIpc) is 2.22. The van der Waals surface area contributed by atoms with Crippen LogP contribution in [0.25, 0.3) is 0 Å². The SMILES string of the molecule is CN=C(N)SCCCCSC(N)=NC. The van der Waals surface area contributed by atoms with Crippen LogP contribution in [0, 0.1) is 0 Å². The minimum Gasteiger partial charge on any atom is -0.379 e.